The van der Waals surface area contributed by atoms with Gasteiger partial charge in [-0.3, -0.25) is 9.69 Å². The first kappa shape index (κ1) is 23.9. The van der Waals surface area contributed by atoms with Gasteiger partial charge in [-0.2, -0.15) is 4.31 Å². The standard InChI is InChI=1S/C25H26IN3O3S/c1-19-2-12-24(13-3-19)33(31,32)29-16-14-28(15-17-29)18-20-4-6-21(7-5-20)25(30)27-23-10-8-22(26)9-11-23/h2-13H,14-18H2,1H3,(H,27,30). The largest absolute Gasteiger partial charge is 0.322 e. The Hall–Kier alpha value is -2.27. The number of carbonyl (C=O) groups is 1. The number of rotatable bonds is 6. The Bertz CT molecular complexity index is 1200. The summed E-state index contributed by atoms with van der Waals surface area (Å²) in [5.74, 6) is -0.141. The van der Waals surface area contributed by atoms with E-state index in [1.807, 2.05) is 67.6 Å². The predicted octanol–water partition coefficient (Wildman–Crippen LogP) is 4.36. The summed E-state index contributed by atoms with van der Waals surface area (Å²) >= 11 is 2.23. The highest BCUT2D eigenvalue weighted by atomic mass is 127. The molecule has 1 aliphatic heterocycles. The van der Waals surface area contributed by atoms with Crippen molar-refractivity contribution in [2.45, 2.75) is 18.4 Å². The van der Waals surface area contributed by atoms with E-state index in [9.17, 15) is 13.2 Å². The molecule has 0 bridgehead atoms. The lowest BCUT2D eigenvalue weighted by Crippen LogP contribution is -2.48. The SMILES string of the molecule is Cc1ccc(S(=O)(=O)N2CCN(Cc3ccc(C(=O)Nc4ccc(I)cc4)cc3)CC2)cc1. The zero-order valence-electron chi connectivity index (χ0n) is 18.4. The van der Waals surface area contributed by atoms with E-state index in [1.165, 1.54) is 0 Å². The van der Waals surface area contributed by atoms with Crippen LogP contribution in [0.2, 0.25) is 0 Å². The molecule has 0 unspecified atom stereocenters. The first-order chi connectivity index (χ1) is 15.8. The average Bonchev–Trinajstić information content (AvgIpc) is 2.82. The second kappa shape index (κ2) is 10.3. The monoisotopic (exact) mass is 575 g/mol. The summed E-state index contributed by atoms with van der Waals surface area (Å²) in [5.41, 5.74) is 3.50. The third-order valence-electron chi connectivity index (χ3n) is 5.71. The van der Waals surface area contributed by atoms with Crippen molar-refractivity contribution >= 4 is 44.2 Å². The van der Waals surface area contributed by atoms with Gasteiger partial charge in [0.1, 0.15) is 0 Å². The summed E-state index contributed by atoms with van der Waals surface area (Å²) in [4.78, 5) is 15.1. The summed E-state index contributed by atoms with van der Waals surface area (Å²) in [5, 5.41) is 2.91. The van der Waals surface area contributed by atoms with E-state index in [2.05, 4.69) is 32.8 Å². The first-order valence-corrected chi connectivity index (χ1v) is 13.3. The molecule has 0 radical (unpaired) electrons. The van der Waals surface area contributed by atoms with Crippen molar-refractivity contribution in [3.05, 3.63) is 93.1 Å². The molecule has 1 aliphatic rings. The maximum Gasteiger partial charge on any atom is 0.255 e. The third kappa shape index (κ3) is 6.00. The zero-order chi connectivity index (χ0) is 23.4. The molecular weight excluding hydrogens is 549 g/mol. The molecule has 0 saturated carbocycles. The number of sulfonamides is 1. The maximum absolute atomic E-state index is 12.9. The number of halogens is 1. The number of nitrogens with one attached hydrogen (secondary N) is 1. The van der Waals surface area contributed by atoms with Gasteiger partial charge in [0.25, 0.3) is 5.91 Å². The van der Waals surface area contributed by atoms with Crippen LogP contribution < -0.4 is 5.32 Å². The van der Waals surface area contributed by atoms with Crippen LogP contribution >= 0.6 is 22.6 Å². The average molecular weight is 575 g/mol. The fourth-order valence-electron chi connectivity index (χ4n) is 3.74. The van der Waals surface area contributed by atoms with Crippen molar-refractivity contribution in [3.8, 4) is 0 Å². The second-order valence-corrected chi connectivity index (χ2v) is 11.3. The topological polar surface area (TPSA) is 69.7 Å². The summed E-state index contributed by atoms with van der Waals surface area (Å²) < 4.78 is 28.4. The lowest BCUT2D eigenvalue weighted by molar-refractivity contribution is 0.102. The summed E-state index contributed by atoms with van der Waals surface area (Å²) in [7, 11) is -3.46. The predicted molar refractivity (Wildman–Crippen MR) is 139 cm³/mol. The number of nitrogens with zero attached hydrogens (tertiary/aromatic N) is 2. The Balaban J connectivity index is 1.31. The Kier molecular flexibility index (Phi) is 7.48. The van der Waals surface area contributed by atoms with Crippen LogP contribution in [0, 0.1) is 10.5 Å². The number of anilines is 1. The molecule has 6 nitrogen and oxygen atoms in total. The van der Waals surface area contributed by atoms with Gasteiger partial charge in [0.05, 0.1) is 4.90 Å². The number of hydrogen-bond donors (Lipinski definition) is 1. The van der Waals surface area contributed by atoms with Crippen LogP contribution in [0.4, 0.5) is 5.69 Å². The minimum absolute atomic E-state index is 0.141. The number of amides is 1. The molecule has 33 heavy (non-hydrogen) atoms. The molecule has 1 heterocycles. The summed E-state index contributed by atoms with van der Waals surface area (Å²) in [6.07, 6.45) is 0. The molecule has 1 N–H and O–H groups in total. The maximum atomic E-state index is 12.9. The number of aryl methyl sites for hydroxylation is 1. The molecule has 3 aromatic rings. The Morgan fingerprint density at radius 1 is 0.879 bits per heavy atom. The molecule has 3 aromatic carbocycles. The number of benzene rings is 3. The van der Waals surface area contributed by atoms with Crippen molar-refractivity contribution < 1.29 is 13.2 Å². The van der Waals surface area contributed by atoms with Crippen LogP contribution in [0.15, 0.2) is 77.7 Å². The zero-order valence-corrected chi connectivity index (χ0v) is 21.3. The van der Waals surface area contributed by atoms with E-state index >= 15 is 0 Å². The molecule has 4 rings (SSSR count). The van der Waals surface area contributed by atoms with Crippen LogP contribution in [-0.4, -0.2) is 49.7 Å². The van der Waals surface area contributed by atoms with Crippen molar-refractivity contribution in [1.29, 1.82) is 0 Å². The number of hydrogen-bond acceptors (Lipinski definition) is 4. The minimum Gasteiger partial charge on any atom is -0.322 e. The molecule has 0 spiro atoms. The first-order valence-electron chi connectivity index (χ1n) is 10.8. The Morgan fingerprint density at radius 3 is 2.09 bits per heavy atom. The van der Waals surface area contributed by atoms with Crippen molar-refractivity contribution in [3.63, 3.8) is 0 Å². The number of carbonyl (C=O) groups excluding carboxylic acids is 1. The molecule has 1 fully saturated rings. The van der Waals surface area contributed by atoms with Crippen molar-refractivity contribution in [2.24, 2.45) is 0 Å². The Labute approximate surface area is 208 Å². The van der Waals surface area contributed by atoms with E-state index in [-0.39, 0.29) is 5.91 Å². The lowest BCUT2D eigenvalue weighted by atomic mass is 10.1. The van der Waals surface area contributed by atoms with Gasteiger partial charge in [0.15, 0.2) is 0 Å². The summed E-state index contributed by atoms with van der Waals surface area (Å²) in [6.45, 7) is 4.93. The van der Waals surface area contributed by atoms with Crippen LogP contribution in [0.5, 0.6) is 0 Å². The fourth-order valence-corrected chi connectivity index (χ4v) is 5.53. The molecule has 1 amide bonds. The van der Waals surface area contributed by atoms with Gasteiger partial charge in [-0.1, -0.05) is 29.8 Å². The minimum atomic E-state index is -3.46. The van der Waals surface area contributed by atoms with Gasteiger partial charge in [-0.25, -0.2) is 8.42 Å². The van der Waals surface area contributed by atoms with Gasteiger partial charge in [-0.05, 0) is 83.6 Å². The van der Waals surface area contributed by atoms with Gasteiger partial charge >= 0.3 is 0 Å². The van der Waals surface area contributed by atoms with E-state index in [4.69, 9.17) is 0 Å². The molecule has 0 atom stereocenters. The Morgan fingerprint density at radius 2 is 1.48 bits per heavy atom. The number of piperazine rings is 1. The molecule has 0 aliphatic carbocycles. The van der Waals surface area contributed by atoms with Crippen LogP contribution in [0.3, 0.4) is 0 Å². The third-order valence-corrected chi connectivity index (χ3v) is 8.35. The highest BCUT2D eigenvalue weighted by Gasteiger charge is 2.28. The molecule has 0 aromatic heterocycles. The normalized spacial score (nSPS) is 15.3. The van der Waals surface area contributed by atoms with E-state index in [1.54, 1.807) is 16.4 Å². The van der Waals surface area contributed by atoms with Gasteiger partial charge in [0, 0.05) is 47.5 Å². The van der Waals surface area contributed by atoms with E-state index in [0.29, 0.717) is 36.6 Å². The highest BCUT2D eigenvalue weighted by Crippen LogP contribution is 2.19. The second-order valence-electron chi connectivity index (χ2n) is 8.15. The molecule has 8 heteroatoms. The van der Waals surface area contributed by atoms with E-state index < -0.39 is 10.0 Å². The smallest absolute Gasteiger partial charge is 0.255 e. The van der Waals surface area contributed by atoms with Gasteiger partial charge < -0.3 is 5.32 Å². The van der Waals surface area contributed by atoms with Crippen molar-refractivity contribution in [2.75, 3.05) is 31.5 Å². The van der Waals surface area contributed by atoms with Gasteiger partial charge in [0.2, 0.25) is 10.0 Å². The molecule has 1 saturated heterocycles. The quantitative estimate of drug-likeness (QED) is 0.444. The van der Waals surface area contributed by atoms with Gasteiger partial charge in [-0.15, -0.1) is 0 Å². The van der Waals surface area contributed by atoms with E-state index in [0.717, 1.165) is 26.9 Å². The highest BCUT2D eigenvalue weighted by molar-refractivity contribution is 14.1. The van der Waals surface area contributed by atoms with Crippen LogP contribution in [0.25, 0.3) is 0 Å². The van der Waals surface area contributed by atoms with Crippen LogP contribution in [0.1, 0.15) is 21.5 Å². The fraction of sp³-hybridized carbons (Fsp3) is 0.240. The molecular formula is C25H26IN3O3S. The van der Waals surface area contributed by atoms with Crippen LogP contribution in [-0.2, 0) is 16.6 Å². The lowest BCUT2D eigenvalue weighted by Gasteiger charge is -2.34. The summed E-state index contributed by atoms with van der Waals surface area (Å²) in [6, 6.07) is 22.2. The van der Waals surface area contributed by atoms with Crippen molar-refractivity contribution in [1.82, 2.24) is 9.21 Å². The molecule has 172 valence electrons.